The Morgan fingerprint density at radius 1 is 1.00 bits per heavy atom. The minimum atomic E-state index is -0.283. The van der Waals surface area contributed by atoms with Gasteiger partial charge in [-0.05, 0) is 98.3 Å². The Kier molecular flexibility index (Phi) is 7.30. The quantitative estimate of drug-likeness (QED) is 0.478. The molecule has 0 bridgehead atoms. The van der Waals surface area contributed by atoms with Crippen LogP contribution in [0.5, 0.6) is 0 Å². The van der Waals surface area contributed by atoms with Crippen molar-refractivity contribution < 1.29 is 23.5 Å². The van der Waals surface area contributed by atoms with Crippen LogP contribution >= 0.6 is 0 Å². The van der Waals surface area contributed by atoms with E-state index in [-0.39, 0.29) is 47.5 Å². The molecule has 3 saturated carbocycles. The Labute approximate surface area is 219 Å². The third-order valence-corrected chi connectivity index (χ3v) is 10.4. The zero-order valence-electron chi connectivity index (χ0n) is 22.2. The number of carbonyl (C=O) groups is 3. The average Bonchev–Trinajstić information content (AvgIpc) is 3.20. The van der Waals surface area contributed by atoms with Crippen molar-refractivity contribution in [3.05, 3.63) is 47.3 Å². The SMILES string of the molecule is CC12CCC(=O)C=C1CCC1C2CCC2(C)C(OC(=O)CCC(=O)NCCc3ccc(F)cc3)CCC12. The maximum Gasteiger partial charge on any atom is 0.306 e. The lowest BCUT2D eigenvalue weighted by Crippen LogP contribution is -2.51. The molecule has 6 unspecified atom stereocenters. The summed E-state index contributed by atoms with van der Waals surface area (Å²) >= 11 is 0. The van der Waals surface area contributed by atoms with E-state index < -0.39 is 0 Å². The number of halogens is 1. The number of hydrogen-bond acceptors (Lipinski definition) is 4. The van der Waals surface area contributed by atoms with Crippen molar-refractivity contribution >= 4 is 17.7 Å². The van der Waals surface area contributed by atoms with Gasteiger partial charge in [0.15, 0.2) is 5.78 Å². The van der Waals surface area contributed by atoms with Crippen molar-refractivity contribution in [2.24, 2.45) is 28.6 Å². The van der Waals surface area contributed by atoms with Gasteiger partial charge in [0.25, 0.3) is 0 Å². The van der Waals surface area contributed by atoms with Crippen molar-refractivity contribution in [3.63, 3.8) is 0 Å². The van der Waals surface area contributed by atoms with Crippen LogP contribution in [-0.4, -0.2) is 30.3 Å². The summed E-state index contributed by atoms with van der Waals surface area (Å²) in [4.78, 5) is 37.0. The molecule has 1 amide bonds. The van der Waals surface area contributed by atoms with Crippen LogP contribution in [0.2, 0.25) is 0 Å². The average molecular weight is 510 g/mol. The highest BCUT2D eigenvalue weighted by Gasteiger charge is 2.59. The molecule has 5 nitrogen and oxygen atoms in total. The van der Waals surface area contributed by atoms with Gasteiger partial charge in [-0.15, -0.1) is 0 Å². The second-order valence-corrected chi connectivity index (χ2v) is 12.3. The van der Waals surface area contributed by atoms with Gasteiger partial charge in [-0.2, -0.15) is 0 Å². The van der Waals surface area contributed by atoms with E-state index in [0.29, 0.717) is 42.9 Å². The molecule has 5 rings (SSSR count). The fourth-order valence-electron chi connectivity index (χ4n) is 8.22. The van der Waals surface area contributed by atoms with E-state index in [1.807, 2.05) is 6.08 Å². The maximum atomic E-state index is 13.0. The highest BCUT2D eigenvalue weighted by molar-refractivity contribution is 5.91. The normalized spacial score (nSPS) is 34.6. The second-order valence-electron chi connectivity index (χ2n) is 12.3. The largest absolute Gasteiger partial charge is 0.462 e. The molecule has 0 spiro atoms. The molecule has 6 heteroatoms. The lowest BCUT2D eigenvalue weighted by atomic mass is 9.47. The first-order valence-electron chi connectivity index (χ1n) is 14.1. The third kappa shape index (κ3) is 5.13. The van der Waals surface area contributed by atoms with Crippen molar-refractivity contribution in [2.45, 2.75) is 90.6 Å². The molecule has 3 fully saturated rings. The van der Waals surface area contributed by atoms with Gasteiger partial charge in [0, 0.05) is 24.8 Å². The Hall–Kier alpha value is -2.50. The van der Waals surface area contributed by atoms with Crippen LogP contribution in [0.1, 0.15) is 83.6 Å². The van der Waals surface area contributed by atoms with Crippen molar-refractivity contribution in [1.29, 1.82) is 0 Å². The molecule has 4 aliphatic carbocycles. The lowest BCUT2D eigenvalue weighted by molar-refractivity contribution is -0.160. The molecule has 1 aromatic carbocycles. The Balaban J connectivity index is 1.11. The molecule has 0 saturated heterocycles. The van der Waals surface area contributed by atoms with Crippen LogP contribution in [0.25, 0.3) is 0 Å². The first-order valence-corrected chi connectivity index (χ1v) is 14.1. The Morgan fingerprint density at radius 3 is 2.57 bits per heavy atom. The summed E-state index contributed by atoms with van der Waals surface area (Å²) in [6.45, 7) is 5.16. The van der Waals surface area contributed by atoms with Crippen LogP contribution in [0.4, 0.5) is 4.39 Å². The van der Waals surface area contributed by atoms with E-state index >= 15 is 0 Å². The molecule has 4 aliphatic rings. The maximum absolute atomic E-state index is 13.0. The summed E-state index contributed by atoms with van der Waals surface area (Å²) in [7, 11) is 0. The zero-order chi connectivity index (χ0) is 26.2. The van der Waals surface area contributed by atoms with E-state index in [4.69, 9.17) is 4.74 Å². The molecule has 1 aromatic rings. The second kappa shape index (κ2) is 10.3. The molecule has 1 N–H and O–H groups in total. The number of ether oxygens (including phenoxy) is 1. The monoisotopic (exact) mass is 509 g/mol. The number of benzene rings is 1. The highest BCUT2D eigenvalue weighted by Crippen LogP contribution is 2.65. The van der Waals surface area contributed by atoms with E-state index in [0.717, 1.165) is 50.5 Å². The van der Waals surface area contributed by atoms with Gasteiger partial charge in [-0.25, -0.2) is 4.39 Å². The number of rotatable bonds is 7. The van der Waals surface area contributed by atoms with Gasteiger partial charge in [0.2, 0.25) is 5.91 Å². The molecule has 6 atom stereocenters. The Bertz CT molecular complexity index is 1080. The van der Waals surface area contributed by atoms with Crippen LogP contribution < -0.4 is 5.32 Å². The number of allylic oxidation sites excluding steroid dienone is 1. The number of esters is 1. The number of carbonyl (C=O) groups excluding carboxylic acids is 3. The summed E-state index contributed by atoms with van der Waals surface area (Å²) in [6.07, 6.45) is 10.7. The van der Waals surface area contributed by atoms with Gasteiger partial charge in [0.05, 0.1) is 6.42 Å². The van der Waals surface area contributed by atoms with E-state index in [1.54, 1.807) is 12.1 Å². The molecule has 37 heavy (non-hydrogen) atoms. The predicted molar refractivity (Wildman–Crippen MR) is 139 cm³/mol. The van der Waals surface area contributed by atoms with E-state index in [1.165, 1.54) is 17.7 Å². The van der Waals surface area contributed by atoms with Gasteiger partial charge >= 0.3 is 5.97 Å². The van der Waals surface area contributed by atoms with Gasteiger partial charge in [-0.1, -0.05) is 31.6 Å². The summed E-state index contributed by atoms with van der Waals surface area (Å²) in [6, 6.07) is 6.24. The van der Waals surface area contributed by atoms with E-state index in [9.17, 15) is 18.8 Å². The number of hydrogen-bond donors (Lipinski definition) is 1. The van der Waals surface area contributed by atoms with Gasteiger partial charge < -0.3 is 10.1 Å². The first kappa shape index (κ1) is 26.1. The third-order valence-electron chi connectivity index (χ3n) is 10.4. The van der Waals surface area contributed by atoms with E-state index in [2.05, 4.69) is 19.2 Å². The fraction of sp³-hybridized carbons (Fsp3) is 0.645. The minimum Gasteiger partial charge on any atom is -0.462 e. The molecule has 200 valence electrons. The Morgan fingerprint density at radius 2 is 1.78 bits per heavy atom. The smallest absolute Gasteiger partial charge is 0.306 e. The van der Waals surface area contributed by atoms with Gasteiger partial charge in [0.1, 0.15) is 11.9 Å². The van der Waals surface area contributed by atoms with Crippen LogP contribution in [0.3, 0.4) is 0 Å². The number of ketones is 1. The summed E-state index contributed by atoms with van der Waals surface area (Å²) < 4.78 is 19.0. The number of amides is 1. The minimum absolute atomic E-state index is 0.00366. The van der Waals surface area contributed by atoms with Crippen LogP contribution in [0, 0.1) is 34.4 Å². The molecular formula is C31H40FNO4. The summed E-state index contributed by atoms with van der Waals surface area (Å²) in [5, 5.41) is 2.84. The molecule has 0 radical (unpaired) electrons. The number of fused-ring (bicyclic) bond motifs is 5. The van der Waals surface area contributed by atoms with Crippen LogP contribution in [-0.2, 0) is 25.5 Å². The first-order chi connectivity index (χ1) is 17.7. The van der Waals surface area contributed by atoms with Crippen molar-refractivity contribution in [3.8, 4) is 0 Å². The standard InChI is InChI=1S/C31H40FNO4/c1-30-16-13-23(34)19-21(30)5-8-24-25-9-10-27(31(25,2)17-14-26(24)30)37-29(36)12-11-28(35)33-18-15-20-3-6-22(32)7-4-20/h3-4,6-7,19,24-27H,5,8-18H2,1-2H3,(H,33,35). The van der Waals surface area contributed by atoms with Crippen molar-refractivity contribution in [1.82, 2.24) is 5.32 Å². The van der Waals surface area contributed by atoms with Gasteiger partial charge in [-0.3, -0.25) is 14.4 Å². The molecule has 0 heterocycles. The molecule has 0 aromatic heterocycles. The molecule has 0 aliphatic heterocycles. The lowest BCUT2D eigenvalue weighted by Gasteiger charge is -2.57. The highest BCUT2D eigenvalue weighted by atomic mass is 19.1. The van der Waals surface area contributed by atoms with Crippen LogP contribution in [0.15, 0.2) is 35.9 Å². The summed E-state index contributed by atoms with van der Waals surface area (Å²) in [5.74, 6) is 1.37. The predicted octanol–water partition coefficient (Wildman–Crippen LogP) is 5.71. The molecular weight excluding hydrogens is 469 g/mol. The zero-order valence-corrected chi connectivity index (χ0v) is 22.2. The number of nitrogens with one attached hydrogen (secondary N) is 1. The van der Waals surface area contributed by atoms with Crippen molar-refractivity contribution in [2.75, 3.05) is 6.54 Å². The summed E-state index contributed by atoms with van der Waals surface area (Å²) in [5.41, 5.74) is 2.48. The topological polar surface area (TPSA) is 72.5 Å². The fourth-order valence-corrected chi connectivity index (χ4v) is 8.22.